The predicted molar refractivity (Wildman–Crippen MR) is 51.7 cm³/mol. The lowest BCUT2D eigenvalue weighted by atomic mass is 10.2. The SMILES string of the molecule is CCCCCCN=C(C)CC(=O)[O-]. The fraction of sp³-hybridized carbons (Fsp3) is 0.800. The Morgan fingerprint density at radius 3 is 2.54 bits per heavy atom. The molecule has 0 saturated heterocycles. The van der Waals surface area contributed by atoms with E-state index in [1.54, 1.807) is 6.92 Å². The molecule has 13 heavy (non-hydrogen) atoms. The van der Waals surface area contributed by atoms with Crippen LogP contribution in [0.2, 0.25) is 0 Å². The Morgan fingerprint density at radius 1 is 1.31 bits per heavy atom. The van der Waals surface area contributed by atoms with Crippen LogP contribution in [0.15, 0.2) is 4.99 Å². The van der Waals surface area contributed by atoms with Crippen molar-refractivity contribution in [3.63, 3.8) is 0 Å². The highest BCUT2D eigenvalue weighted by Gasteiger charge is 1.91. The molecule has 3 nitrogen and oxygen atoms in total. The summed E-state index contributed by atoms with van der Waals surface area (Å²) in [5, 5.41) is 10.2. The van der Waals surface area contributed by atoms with Gasteiger partial charge in [-0.3, -0.25) is 4.99 Å². The summed E-state index contributed by atoms with van der Waals surface area (Å²) in [5.74, 6) is -1.05. The van der Waals surface area contributed by atoms with Crippen LogP contribution in [-0.2, 0) is 4.79 Å². The molecule has 0 unspecified atom stereocenters. The first kappa shape index (κ1) is 12.1. The van der Waals surface area contributed by atoms with Crippen LogP contribution in [-0.4, -0.2) is 18.2 Å². The van der Waals surface area contributed by atoms with Gasteiger partial charge in [-0.15, -0.1) is 0 Å². The van der Waals surface area contributed by atoms with E-state index in [1.807, 2.05) is 0 Å². The van der Waals surface area contributed by atoms with Crippen LogP contribution in [0.5, 0.6) is 0 Å². The molecule has 0 aromatic rings. The number of rotatable bonds is 7. The summed E-state index contributed by atoms with van der Waals surface area (Å²) < 4.78 is 0. The van der Waals surface area contributed by atoms with Crippen LogP contribution >= 0.6 is 0 Å². The zero-order chi connectivity index (χ0) is 10.1. The van der Waals surface area contributed by atoms with E-state index >= 15 is 0 Å². The van der Waals surface area contributed by atoms with Crippen molar-refractivity contribution in [1.82, 2.24) is 0 Å². The number of aliphatic carboxylic acids is 1. The van der Waals surface area contributed by atoms with Crippen LogP contribution in [0.3, 0.4) is 0 Å². The van der Waals surface area contributed by atoms with Crippen molar-refractivity contribution >= 4 is 11.7 Å². The molecule has 0 aromatic heterocycles. The second-order valence-corrected chi connectivity index (χ2v) is 3.23. The van der Waals surface area contributed by atoms with Crippen LogP contribution in [0.1, 0.15) is 46.0 Å². The summed E-state index contributed by atoms with van der Waals surface area (Å²) in [6.07, 6.45) is 4.64. The fourth-order valence-corrected chi connectivity index (χ4v) is 1.07. The molecule has 76 valence electrons. The maximum atomic E-state index is 10.2. The molecule has 0 aromatic carbocycles. The summed E-state index contributed by atoms with van der Waals surface area (Å²) in [5.41, 5.74) is 0.663. The van der Waals surface area contributed by atoms with Crippen LogP contribution < -0.4 is 5.11 Å². The lowest BCUT2D eigenvalue weighted by Gasteiger charge is -2.01. The molecule has 0 spiro atoms. The number of carbonyl (C=O) groups is 1. The van der Waals surface area contributed by atoms with Gasteiger partial charge in [0.15, 0.2) is 0 Å². The van der Waals surface area contributed by atoms with Gasteiger partial charge in [-0.05, 0) is 13.3 Å². The van der Waals surface area contributed by atoms with Gasteiger partial charge in [0, 0.05) is 24.6 Å². The lowest BCUT2D eigenvalue weighted by molar-refractivity contribution is -0.303. The smallest absolute Gasteiger partial charge is 0.0470 e. The van der Waals surface area contributed by atoms with Gasteiger partial charge in [0.1, 0.15) is 0 Å². The highest BCUT2D eigenvalue weighted by atomic mass is 16.4. The van der Waals surface area contributed by atoms with Crippen LogP contribution in [0.4, 0.5) is 0 Å². The Labute approximate surface area is 79.9 Å². The predicted octanol–water partition coefficient (Wildman–Crippen LogP) is 1.17. The standard InChI is InChI=1S/C10H19NO2/c1-3-4-5-6-7-11-9(2)8-10(12)13/h3-8H2,1-2H3,(H,12,13)/p-1. The molecule has 3 heteroatoms. The van der Waals surface area contributed by atoms with E-state index in [4.69, 9.17) is 0 Å². The van der Waals surface area contributed by atoms with E-state index in [1.165, 1.54) is 19.3 Å². The third-order valence-corrected chi connectivity index (χ3v) is 1.79. The number of carboxylic acids is 1. The second-order valence-electron chi connectivity index (χ2n) is 3.23. The van der Waals surface area contributed by atoms with Gasteiger partial charge < -0.3 is 9.90 Å². The van der Waals surface area contributed by atoms with Crippen molar-refractivity contribution in [2.24, 2.45) is 4.99 Å². The third kappa shape index (κ3) is 9.05. The minimum Gasteiger partial charge on any atom is -0.550 e. The van der Waals surface area contributed by atoms with Crippen LogP contribution in [0.25, 0.3) is 0 Å². The summed E-state index contributed by atoms with van der Waals surface area (Å²) in [4.78, 5) is 14.3. The van der Waals surface area contributed by atoms with Gasteiger partial charge >= 0.3 is 0 Å². The molecule has 0 saturated carbocycles. The molecule has 0 aliphatic rings. The van der Waals surface area contributed by atoms with Crippen molar-refractivity contribution in [2.45, 2.75) is 46.0 Å². The van der Waals surface area contributed by atoms with E-state index in [2.05, 4.69) is 11.9 Å². The Bertz CT molecular complexity index is 176. The molecular weight excluding hydrogens is 166 g/mol. The number of nitrogens with zero attached hydrogens (tertiary/aromatic N) is 1. The average Bonchev–Trinajstić information content (AvgIpc) is 2.02. The first-order valence-electron chi connectivity index (χ1n) is 4.86. The Kier molecular flexibility index (Phi) is 7.26. The van der Waals surface area contributed by atoms with Gasteiger partial charge in [-0.1, -0.05) is 26.2 Å². The molecule has 0 aliphatic carbocycles. The number of carbonyl (C=O) groups excluding carboxylic acids is 1. The van der Waals surface area contributed by atoms with Crippen molar-refractivity contribution in [3.8, 4) is 0 Å². The number of carboxylic acid groups (broad SMARTS) is 1. The fourth-order valence-electron chi connectivity index (χ4n) is 1.07. The van der Waals surface area contributed by atoms with E-state index in [0.717, 1.165) is 13.0 Å². The van der Waals surface area contributed by atoms with Crippen molar-refractivity contribution < 1.29 is 9.90 Å². The summed E-state index contributed by atoms with van der Waals surface area (Å²) in [6.45, 7) is 4.64. The molecular formula is C10H18NO2-. The molecule has 0 rings (SSSR count). The van der Waals surface area contributed by atoms with E-state index < -0.39 is 5.97 Å². The maximum absolute atomic E-state index is 10.2. The first-order chi connectivity index (χ1) is 6.16. The number of unbranched alkanes of at least 4 members (excludes halogenated alkanes) is 3. The maximum Gasteiger partial charge on any atom is 0.0470 e. The number of aliphatic imine (C=N–C) groups is 1. The van der Waals surface area contributed by atoms with E-state index in [0.29, 0.717) is 5.71 Å². The molecule has 0 atom stereocenters. The molecule has 0 heterocycles. The van der Waals surface area contributed by atoms with Crippen LogP contribution in [0, 0.1) is 0 Å². The summed E-state index contributed by atoms with van der Waals surface area (Å²) in [6, 6.07) is 0. The van der Waals surface area contributed by atoms with E-state index in [9.17, 15) is 9.90 Å². The van der Waals surface area contributed by atoms with Gasteiger partial charge in [0.25, 0.3) is 0 Å². The van der Waals surface area contributed by atoms with Gasteiger partial charge in [-0.2, -0.15) is 0 Å². The lowest BCUT2D eigenvalue weighted by Crippen LogP contribution is -2.24. The number of hydrogen-bond acceptors (Lipinski definition) is 3. The van der Waals surface area contributed by atoms with Crippen molar-refractivity contribution in [3.05, 3.63) is 0 Å². The normalized spacial score (nSPS) is 11.7. The van der Waals surface area contributed by atoms with Crippen molar-refractivity contribution in [2.75, 3.05) is 6.54 Å². The third-order valence-electron chi connectivity index (χ3n) is 1.79. The molecule has 0 fully saturated rings. The monoisotopic (exact) mass is 184 g/mol. The molecule has 0 N–H and O–H groups in total. The highest BCUT2D eigenvalue weighted by Crippen LogP contribution is 1.99. The van der Waals surface area contributed by atoms with Crippen molar-refractivity contribution in [1.29, 1.82) is 0 Å². The molecule has 0 radical (unpaired) electrons. The molecule has 0 bridgehead atoms. The molecule has 0 aliphatic heterocycles. The Balaban J connectivity index is 3.42. The highest BCUT2D eigenvalue weighted by molar-refractivity contribution is 5.95. The quantitative estimate of drug-likeness (QED) is 0.440. The zero-order valence-corrected chi connectivity index (χ0v) is 8.51. The first-order valence-corrected chi connectivity index (χ1v) is 4.86. The number of hydrogen-bond donors (Lipinski definition) is 0. The minimum absolute atomic E-state index is 0.0340. The Morgan fingerprint density at radius 2 is 2.00 bits per heavy atom. The van der Waals surface area contributed by atoms with E-state index in [-0.39, 0.29) is 6.42 Å². The Hall–Kier alpha value is -0.860. The molecule has 0 amide bonds. The minimum atomic E-state index is -1.05. The van der Waals surface area contributed by atoms with Gasteiger partial charge in [-0.25, -0.2) is 0 Å². The summed E-state index contributed by atoms with van der Waals surface area (Å²) >= 11 is 0. The second kappa shape index (κ2) is 7.77. The summed E-state index contributed by atoms with van der Waals surface area (Å²) in [7, 11) is 0. The van der Waals surface area contributed by atoms with Gasteiger partial charge in [0.2, 0.25) is 0 Å². The largest absolute Gasteiger partial charge is 0.550 e. The zero-order valence-electron chi connectivity index (χ0n) is 8.51. The topological polar surface area (TPSA) is 52.5 Å². The van der Waals surface area contributed by atoms with Gasteiger partial charge in [0.05, 0.1) is 0 Å². The average molecular weight is 184 g/mol.